The van der Waals surface area contributed by atoms with E-state index in [0.717, 1.165) is 16.6 Å². The molecule has 0 aliphatic carbocycles. The molecule has 0 atom stereocenters. The van der Waals surface area contributed by atoms with Crippen LogP contribution in [0.2, 0.25) is 0 Å². The summed E-state index contributed by atoms with van der Waals surface area (Å²) in [5, 5.41) is 19.3. The third-order valence-electron chi connectivity index (χ3n) is 3.01. The van der Waals surface area contributed by atoms with Gasteiger partial charge in [0.15, 0.2) is 0 Å². The molecule has 0 aliphatic rings. The largest absolute Gasteiger partial charge is 0.464 e. The maximum Gasteiger partial charge on any atom is 0.416 e. The third-order valence-corrected chi connectivity index (χ3v) is 3.01. The SMILES string of the molecule is CC(C)(C)c1cc2cc(CO)ccc2n1C(=O)O. The van der Waals surface area contributed by atoms with Crippen LogP contribution in [0.25, 0.3) is 10.9 Å². The zero-order valence-corrected chi connectivity index (χ0v) is 10.8. The molecule has 0 spiro atoms. The fraction of sp³-hybridized carbons (Fsp3) is 0.357. The van der Waals surface area contributed by atoms with E-state index in [9.17, 15) is 9.90 Å². The molecule has 0 saturated carbocycles. The summed E-state index contributed by atoms with van der Waals surface area (Å²) in [6.45, 7) is 5.90. The average Bonchev–Trinajstić information content (AvgIpc) is 2.66. The number of carboxylic acid groups (broad SMARTS) is 1. The van der Waals surface area contributed by atoms with Crippen LogP contribution in [0.4, 0.5) is 4.79 Å². The van der Waals surface area contributed by atoms with Crippen molar-refractivity contribution in [3.05, 3.63) is 35.5 Å². The predicted molar refractivity (Wildman–Crippen MR) is 70.0 cm³/mol. The fourth-order valence-electron chi connectivity index (χ4n) is 2.12. The van der Waals surface area contributed by atoms with Gasteiger partial charge in [0, 0.05) is 16.5 Å². The number of carbonyl (C=O) groups is 1. The molecule has 0 fully saturated rings. The molecule has 1 heterocycles. The second-order valence-corrected chi connectivity index (χ2v) is 5.45. The van der Waals surface area contributed by atoms with Crippen molar-refractivity contribution in [2.75, 3.05) is 0 Å². The van der Waals surface area contributed by atoms with Crippen molar-refractivity contribution < 1.29 is 15.0 Å². The number of aliphatic hydroxyl groups excluding tert-OH is 1. The van der Waals surface area contributed by atoms with Crippen LogP contribution in [0.1, 0.15) is 32.0 Å². The molecule has 2 aromatic rings. The van der Waals surface area contributed by atoms with E-state index in [1.807, 2.05) is 32.9 Å². The fourth-order valence-corrected chi connectivity index (χ4v) is 2.12. The molecule has 18 heavy (non-hydrogen) atoms. The van der Waals surface area contributed by atoms with Gasteiger partial charge >= 0.3 is 6.09 Å². The average molecular weight is 247 g/mol. The van der Waals surface area contributed by atoms with Crippen LogP contribution < -0.4 is 0 Å². The highest BCUT2D eigenvalue weighted by Crippen LogP contribution is 2.29. The Morgan fingerprint density at radius 1 is 1.28 bits per heavy atom. The van der Waals surface area contributed by atoms with E-state index in [2.05, 4.69) is 0 Å². The zero-order valence-electron chi connectivity index (χ0n) is 10.8. The van der Waals surface area contributed by atoms with Gasteiger partial charge < -0.3 is 10.2 Å². The molecule has 96 valence electrons. The van der Waals surface area contributed by atoms with Gasteiger partial charge in [-0.1, -0.05) is 26.8 Å². The molecule has 4 nitrogen and oxygen atoms in total. The molecule has 0 saturated heterocycles. The molecule has 2 rings (SSSR count). The lowest BCUT2D eigenvalue weighted by atomic mass is 9.92. The Hall–Kier alpha value is -1.81. The Morgan fingerprint density at radius 2 is 1.94 bits per heavy atom. The van der Waals surface area contributed by atoms with Crippen molar-refractivity contribution in [2.45, 2.75) is 32.8 Å². The molecule has 0 radical (unpaired) electrons. The number of fused-ring (bicyclic) bond motifs is 1. The van der Waals surface area contributed by atoms with Crippen molar-refractivity contribution in [3.8, 4) is 0 Å². The first-order valence-electron chi connectivity index (χ1n) is 5.83. The van der Waals surface area contributed by atoms with E-state index in [4.69, 9.17) is 5.11 Å². The first-order chi connectivity index (χ1) is 8.34. The second kappa shape index (κ2) is 4.14. The van der Waals surface area contributed by atoms with Crippen molar-refractivity contribution in [1.82, 2.24) is 4.57 Å². The van der Waals surface area contributed by atoms with Crippen LogP contribution >= 0.6 is 0 Å². The first-order valence-corrected chi connectivity index (χ1v) is 5.83. The summed E-state index contributed by atoms with van der Waals surface area (Å²) in [5.74, 6) is 0. The first kappa shape index (κ1) is 12.6. The molecule has 0 bridgehead atoms. The molecule has 1 aromatic heterocycles. The van der Waals surface area contributed by atoms with E-state index in [1.54, 1.807) is 12.1 Å². The van der Waals surface area contributed by atoms with Crippen LogP contribution in [-0.4, -0.2) is 20.9 Å². The highest BCUT2D eigenvalue weighted by atomic mass is 16.4. The second-order valence-electron chi connectivity index (χ2n) is 5.45. The van der Waals surface area contributed by atoms with E-state index in [-0.39, 0.29) is 12.0 Å². The number of hydrogen-bond donors (Lipinski definition) is 2. The molecular formula is C14H17NO3. The monoisotopic (exact) mass is 247 g/mol. The Kier molecular flexibility index (Phi) is 2.91. The van der Waals surface area contributed by atoms with Crippen LogP contribution in [0.3, 0.4) is 0 Å². The summed E-state index contributed by atoms with van der Waals surface area (Å²) in [4.78, 5) is 11.4. The Labute approximate surface area is 105 Å². The highest BCUT2D eigenvalue weighted by molar-refractivity contribution is 5.91. The minimum atomic E-state index is -0.980. The normalized spacial score (nSPS) is 12.0. The summed E-state index contributed by atoms with van der Waals surface area (Å²) in [7, 11) is 0. The number of benzene rings is 1. The number of aliphatic hydroxyl groups is 1. The van der Waals surface area contributed by atoms with Crippen LogP contribution in [-0.2, 0) is 12.0 Å². The number of nitrogens with zero attached hydrogens (tertiary/aromatic N) is 1. The van der Waals surface area contributed by atoms with E-state index >= 15 is 0 Å². The van der Waals surface area contributed by atoms with Gasteiger partial charge in [-0.3, -0.25) is 0 Å². The van der Waals surface area contributed by atoms with Gasteiger partial charge in [-0.05, 0) is 23.8 Å². The lowest BCUT2D eigenvalue weighted by molar-refractivity contribution is 0.195. The summed E-state index contributed by atoms with van der Waals surface area (Å²) < 4.78 is 1.32. The van der Waals surface area contributed by atoms with Gasteiger partial charge in [0.05, 0.1) is 12.1 Å². The van der Waals surface area contributed by atoms with Crippen LogP contribution in [0.15, 0.2) is 24.3 Å². The third kappa shape index (κ3) is 1.99. The van der Waals surface area contributed by atoms with E-state index in [0.29, 0.717) is 5.52 Å². The van der Waals surface area contributed by atoms with Crippen molar-refractivity contribution in [3.63, 3.8) is 0 Å². The molecular weight excluding hydrogens is 230 g/mol. The molecule has 0 unspecified atom stereocenters. The molecule has 2 N–H and O–H groups in total. The lowest BCUT2D eigenvalue weighted by Crippen LogP contribution is -2.21. The van der Waals surface area contributed by atoms with Gasteiger partial charge in [0.1, 0.15) is 0 Å². The standard InChI is InChI=1S/C14H17NO3/c1-14(2,3)12-7-10-6-9(8-16)4-5-11(10)15(12)13(17)18/h4-7,16H,8H2,1-3H3,(H,17,18). The topological polar surface area (TPSA) is 62.5 Å². The number of aromatic nitrogens is 1. The molecule has 1 aromatic carbocycles. The number of hydrogen-bond acceptors (Lipinski definition) is 2. The van der Waals surface area contributed by atoms with Crippen LogP contribution in [0.5, 0.6) is 0 Å². The maximum atomic E-state index is 11.4. The summed E-state index contributed by atoms with van der Waals surface area (Å²) >= 11 is 0. The minimum absolute atomic E-state index is 0.0426. The van der Waals surface area contributed by atoms with Gasteiger partial charge in [0.25, 0.3) is 0 Å². The molecule has 0 aliphatic heterocycles. The smallest absolute Gasteiger partial charge is 0.416 e. The zero-order chi connectivity index (χ0) is 13.5. The van der Waals surface area contributed by atoms with Gasteiger partial charge in [-0.2, -0.15) is 0 Å². The minimum Gasteiger partial charge on any atom is -0.464 e. The highest BCUT2D eigenvalue weighted by Gasteiger charge is 2.23. The van der Waals surface area contributed by atoms with Crippen LogP contribution in [0, 0.1) is 0 Å². The summed E-state index contributed by atoms with van der Waals surface area (Å²) in [6.07, 6.45) is -0.980. The lowest BCUT2D eigenvalue weighted by Gasteiger charge is -2.19. The molecule has 4 heteroatoms. The Balaban J connectivity index is 2.79. The summed E-state index contributed by atoms with van der Waals surface area (Å²) in [5.41, 5.74) is 1.94. The summed E-state index contributed by atoms with van der Waals surface area (Å²) in [6, 6.07) is 7.19. The van der Waals surface area contributed by atoms with E-state index < -0.39 is 6.09 Å². The van der Waals surface area contributed by atoms with E-state index in [1.165, 1.54) is 4.57 Å². The van der Waals surface area contributed by atoms with Gasteiger partial charge in [-0.25, -0.2) is 9.36 Å². The molecule has 0 amide bonds. The maximum absolute atomic E-state index is 11.4. The van der Waals surface area contributed by atoms with Crippen molar-refractivity contribution in [2.24, 2.45) is 0 Å². The predicted octanol–water partition coefficient (Wildman–Crippen LogP) is 2.96. The van der Waals surface area contributed by atoms with Crippen molar-refractivity contribution >= 4 is 17.0 Å². The van der Waals surface area contributed by atoms with Gasteiger partial charge in [0.2, 0.25) is 0 Å². The quantitative estimate of drug-likeness (QED) is 0.814. The Morgan fingerprint density at radius 3 is 2.44 bits per heavy atom. The van der Waals surface area contributed by atoms with Gasteiger partial charge in [-0.15, -0.1) is 0 Å². The van der Waals surface area contributed by atoms with Crippen molar-refractivity contribution in [1.29, 1.82) is 0 Å². The number of rotatable bonds is 1. The Bertz CT molecular complexity index is 605.